The topological polar surface area (TPSA) is 99.3 Å². The Kier molecular flexibility index (Phi) is 7.42. The van der Waals surface area contributed by atoms with Crippen LogP contribution in [-0.2, 0) is 4.79 Å². The first-order valence-electron chi connectivity index (χ1n) is 11.3. The minimum absolute atomic E-state index is 0.0396. The summed E-state index contributed by atoms with van der Waals surface area (Å²) >= 11 is 0. The highest BCUT2D eigenvalue weighted by Gasteiger charge is 2.41. The number of amides is 2. The lowest BCUT2D eigenvalue weighted by Crippen LogP contribution is -2.48. The zero-order valence-electron chi connectivity index (χ0n) is 19.6. The number of allylic oxidation sites excluding steroid dienone is 3. The number of hydrogen-bond donors (Lipinski definition) is 3. The van der Waals surface area contributed by atoms with Crippen LogP contribution >= 0.6 is 0 Å². The van der Waals surface area contributed by atoms with Gasteiger partial charge in [-0.3, -0.25) is 9.59 Å². The third-order valence-electron chi connectivity index (χ3n) is 5.72. The van der Waals surface area contributed by atoms with Crippen molar-refractivity contribution >= 4 is 17.8 Å². The van der Waals surface area contributed by atoms with Gasteiger partial charge in [-0.1, -0.05) is 17.9 Å². The van der Waals surface area contributed by atoms with Crippen LogP contribution in [0.5, 0.6) is 0 Å². The van der Waals surface area contributed by atoms with E-state index in [-0.39, 0.29) is 29.4 Å². The molecule has 1 fully saturated rings. The molecule has 1 aromatic heterocycles. The second kappa shape index (κ2) is 10.7. The molecule has 1 atom stereocenters. The second-order valence-electron chi connectivity index (χ2n) is 8.29. The van der Waals surface area contributed by atoms with Gasteiger partial charge >= 0.3 is 6.18 Å². The summed E-state index contributed by atoms with van der Waals surface area (Å²) in [6.45, 7) is 0.576. The highest BCUT2D eigenvalue weighted by molar-refractivity contribution is 5.96. The largest absolute Gasteiger partial charge is 0.395 e. The third kappa shape index (κ3) is 6.24. The highest BCUT2D eigenvalue weighted by Crippen LogP contribution is 2.36. The first kappa shape index (κ1) is 25.7. The third-order valence-corrected chi connectivity index (χ3v) is 5.72. The Morgan fingerprint density at radius 3 is 2.59 bits per heavy atom. The number of hydrogen-bond acceptors (Lipinski definition) is 6. The fourth-order valence-corrected chi connectivity index (χ4v) is 3.83. The number of nitrogens with zero attached hydrogens (tertiary/aromatic N) is 3. The standard InChI is InChI=1S/C25H22F4N6O2/c1-30-24-32-12-16(13-33-24)3-2-15-4-6-19(26)18(10-15)23(37)34-20-11-17(25(27,28)29)5-7-21(20)35-9-8-31-22(36)14-35/h4-7,10,12-13,17H,8-9,11,14H2,1H3,(H,31,36)(H,34,37)(H,30,32,33). The number of rotatable bonds is 4. The van der Waals surface area contributed by atoms with E-state index in [4.69, 9.17) is 0 Å². The molecule has 2 heterocycles. The van der Waals surface area contributed by atoms with Gasteiger partial charge in [-0.25, -0.2) is 14.4 Å². The predicted molar refractivity (Wildman–Crippen MR) is 126 cm³/mol. The minimum Gasteiger partial charge on any atom is -0.359 e. The zero-order chi connectivity index (χ0) is 26.6. The molecule has 1 saturated heterocycles. The summed E-state index contributed by atoms with van der Waals surface area (Å²) in [5.74, 6) is 2.11. The van der Waals surface area contributed by atoms with E-state index in [2.05, 4.69) is 37.8 Å². The first-order chi connectivity index (χ1) is 17.6. The normalized spacial score (nSPS) is 17.6. The van der Waals surface area contributed by atoms with Crippen LogP contribution in [0.3, 0.4) is 0 Å². The van der Waals surface area contributed by atoms with E-state index in [9.17, 15) is 27.2 Å². The van der Waals surface area contributed by atoms with Gasteiger partial charge in [-0.15, -0.1) is 0 Å². The van der Waals surface area contributed by atoms with Crippen LogP contribution in [0.1, 0.15) is 27.9 Å². The van der Waals surface area contributed by atoms with Crippen molar-refractivity contribution in [3.63, 3.8) is 0 Å². The van der Waals surface area contributed by atoms with E-state index in [1.807, 2.05) is 0 Å². The van der Waals surface area contributed by atoms with Crippen molar-refractivity contribution in [1.82, 2.24) is 25.5 Å². The van der Waals surface area contributed by atoms with E-state index in [1.165, 1.54) is 30.6 Å². The van der Waals surface area contributed by atoms with Crippen LogP contribution in [-0.4, -0.2) is 59.5 Å². The Morgan fingerprint density at radius 1 is 1.19 bits per heavy atom. The van der Waals surface area contributed by atoms with Gasteiger partial charge in [0.05, 0.1) is 29.3 Å². The molecule has 2 aromatic rings. The SMILES string of the molecule is CNc1ncc(C#Cc2ccc(F)c(C(=O)NC3=C(N4CCNC(=O)C4)C=CC(C(F)(F)F)C3)c2)cn1. The number of nitrogens with one attached hydrogen (secondary N) is 3. The molecule has 1 aliphatic carbocycles. The van der Waals surface area contributed by atoms with Crippen molar-refractivity contribution in [2.75, 3.05) is 32.0 Å². The summed E-state index contributed by atoms with van der Waals surface area (Å²) in [5, 5.41) is 7.87. The van der Waals surface area contributed by atoms with Gasteiger partial charge in [0, 0.05) is 50.2 Å². The summed E-state index contributed by atoms with van der Waals surface area (Å²) in [4.78, 5) is 34.5. The predicted octanol–water partition coefficient (Wildman–Crippen LogP) is 2.57. The summed E-state index contributed by atoms with van der Waals surface area (Å²) in [7, 11) is 1.67. The summed E-state index contributed by atoms with van der Waals surface area (Å²) < 4.78 is 54.9. The smallest absolute Gasteiger partial charge is 0.359 e. The van der Waals surface area contributed by atoms with E-state index in [1.54, 1.807) is 11.9 Å². The number of benzene rings is 1. The Hall–Kier alpha value is -4.40. The summed E-state index contributed by atoms with van der Waals surface area (Å²) in [6, 6.07) is 3.65. The molecular weight excluding hydrogens is 492 g/mol. The van der Waals surface area contributed by atoms with Gasteiger partial charge in [0.1, 0.15) is 5.82 Å². The van der Waals surface area contributed by atoms with E-state index in [0.717, 1.165) is 12.1 Å². The molecule has 37 heavy (non-hydrogen) atoms. The molecule has 0 radical (unpaired) electrons. The summed E-state index contributed by atoms with van der Waals surface area (Å²) in [5.41, 5.74) is 0.659. The number of anilines is 1. The van der Waals surface area contributed by atoms with Crippen molar-refractivity contribution < 1.29 is 27.2 Å². The molecule has 0 bridgehead atoms. The summed E-state index contributed by atoms with van der Waals surface area (Å²) in [6.07, 6.45) is 0.143. The lowest BCUT2D eigenvalue weighted by molar-refractivity contribution is -0.161. The Labute approximate surface area is 209 Å². The molecule has 192 valence electrons. The molecule has 2 amide bonds. The van der Waals surface area contributed by atoms with E-state index in [0.29, 0.717) is 30.2 Å². The van der Waals surface area contributed by atoms with Crippen LogP contribution in [0, 0.1) is 23.6 Å². The number of halogens is 4. The lowest BCUT2D eigenvalue weighted by atomic mass is 9.94. The molecule has 2 aliphatic rings. The molecule has 3 N–H and O–H groups in total. The Balaban J connectivity index is 1.60. The van der Waals surface area contributed by atoms with Gasteiger partial charge in [0.15, 0.2) is 0 Å². The maximum Gasteiger partial charge on any atom is 0.395 e. The maximum absolute atomic E-state index is 14.6. The van der Waals surface area contributed by atoms with Gasteiger partial charge in [0.25, 0.3) is 5.91 Å². The number of piperazine rings is 1. The molecule has 1 unspecified atom stereocenters. The van der Waals surface area contributed by atoms with E-state index >= 15 is 0 Å². The van der Waals surface area contributed by atoms with Crippen molar-refractivity contribution in [3.8, 4) is 11.8 Å². The maximum atomic E-state index is 14.6. The van der Waals surface area contributed by atoms with Gasteiger partial charge in [0.2, 0.25) is 11.9 Å². The van der Waals surface area contributed by atoms with E-state index < -0.39 is 30.2 Å². The lowest BCUT2D eigenvalue weighted by Gasteiger charge is -2.34. The Bertz CT molecular complexity index is 1330. The van der Waals surface area contributed by atoms with Gasteiger partial charge in [-0.05, 0) is 24.3 Å². The van der Waals surface area contributed by atoms with Crippen molar-refractivity contribution in [2.24, 2.45) is 5.92 Å². The molecule has 1 aliphatic heterocycles. The molecule has 0 spiro atoms. The Morgan fingerprint density at radius 2 is 1.92 bits per heavy atom. The molecule has 1 aromatic carbocycles. The fraction of sp³-hybridized carbons (Fsp3) is 0.280. The van der Waals surface area contributed by atoms with Crippen molar-refractivity contribution in [3.05, 3.63) is 76.6 Å². The van der Waals surface area contributed by atoms with Crippen LogP contribution in [0.2, 0.25) is 0 Å². The highest BCUT2D eigenvalue weighted by atomic mass is 19.4. The van der Waals surface area contributed by atoms with Crippen LogP contribution in [0.25, 0.3) is 0 Å². The van der Waals surface area contributed by atoms with Crippen molar-refractivity contribution in [2.45, 2.75) is 12.6 Å². The molecule has 12 heteroatoms. The average molecular weight is 514 g/mol. The average Bonchev–Trinajstić information content (AvgIpc) is 2.88. The number of aromatic nitrogens is 2. The monoisotopic (exact) mass is 514 g/mol. The molecule has 0 saturated carbocycles. The number of alkyl halides is 3. The molecular formula is C25H22F4N6O2. The number of carbonyl (C=O) groups excluding carboxylic acids is 2. The minimum atomic E-state index is -4.53. The zero-order valence-corrected chi connectivity index (χ0v) is 19.6. The van der Waals surface area contributed by atoms with Gasteiger partial charge < -0.3 is 20.9 Å². The van der Waals surface area contributed by atoms with Gasteiger partial charge in [-0.2, -0.15) is 13.2 Å². The van der Waals surface area contributed by atoms with Crippen LogP contribution < -0.4 is 16.0 Å². The molecule has 8 nitrogen and oxygen atoms in total. The quantitative estimate of drug-likeness (QED) is 0.429. The first-order valence-corrected chi connectivity index (χ1v) is 11.3. The fourth-order valence-electron chi connectivity index (χ4n) is 3.83. The number of carbonyl (C=O) groups is 2. The van der Waals surface area contributed by atoms with Crippen LogP contribution in [0.4, 0.5) is 23.5 Å². The second-order valence-corrected chi connectivity index (χ2v) is 8.29. The van der Waals surface area contributed by atoms with Crippen molar-refractivity contribution in [1.29, 1.82) is 0 Å². The molecule has 4 rings (SSSR count). The van der Waals surface area contributed by atoms with Crippen LogP contribution in [0.15, 0.2) is 54.1 Å².